The fourth-order valence-electron chi connectivity index (χ4n) is 1.77. The summed E-state index contributed by atoms with van der Waals surface area (Å²) in [4.78, 5) is 22.4. The Hall–Kier alpha value is -2.47. The van der Waals surface area contributed by atoms with Gasteiger partial charge in [0.1, 0.15) is 11.4 Å². The van der Waals surface area contributed by atoms with E-state index in [0.29, 0.717) is 5.56 Å². The molecule has 1 amide bonds. The molecule has 0 radical (unpaired) electrons. The average molecular weight is 309 g/mol. The van der Waals surface area contributed by atoms with E-state index >= 15 is 0 Å². The standard InChI is InChI=1S/C14H10ClFN2O3/c1-8-2-4-10(16)7-12(8)17-14(19)11-6-9(15)3-5-13(11)18(20)21/h2-7H,1H3,(H,17,19). The minimum Gasteiger partial charge on any atom is -0.321 e. The van der Waals surface area contributed by atoms with E-state index in [0.717, 1.165) is 12.1 Å². The van der Waals surface area contributed by atoms with E-state index in [1.807, 2.05) is 0 Å². The summed E-state index contributed by atoms with van der Waals surface area (Å²) in [6.45, 7) is 1.68. The smallest absolute Gasteiger partial charge is 0.282 e. The number of hydrogen-bond donors (Lipinski definition) is 1. The molecule has 7 heteroatoms. The van der Waals surface area contributed by atoms with Crippen LogP contribution < -0.4 is 5.32 Å². The fraction of sp³-hybridized carbons (Fsp3) is 0.0714. The third kappa shape index (κ3) is 3.35. The van der Waals surface area contributed by atoms with E-state index in [1.165, 1.54) is 24.3 Å². The Kier molecular flexibility index (Phi) is 4.18. The van der Waals surface area contributed by atoms with Crippen LogP contribution >= 0.6 is 11.6 Å². The maximum Gasteiger partial charge on any atom is 0.282 e. The van der Waals surface area contributed by atoms with Gasteiger partial charge >= 0.3 is 0 Å². The maximum atomic E-state index is 13.2. The second-order valence-electron chi connectivity index (χ2n) is 4.33. The quantitative estimate of drug-likeness (QED) is 0.689. The number of carbonyl (C=O) groups is 1. The maximum absolute atomic E-state index is 13.2. The summed E-state index contributed by atoms with van der Waals surface area (Å²) in [5.41, 5.74) is 0.325. The van der Waals surface area contributed by atoms with E-state index in [1.54, 1.807) is 6.92 Å². The van der Waals surface area contributed by atoms with Crippen molar-refractivity contribution >= 4 is 28.9 Å². The van der Waals surface area contributed by atoms with Crippen LogP contribution in [0.15, 0.2) is 36.4 Å². The van der Waals surface area contributed by atoms with E-state index in [2.05, 4.69) is 5.32 Å². The lowest BCUT2D eigenvalue weighted by Gasteiger charge is -2.09. The molecule has 0 spiro atoms. The highest BCUT2D eigenvalue weighted by Crippen LogP contribution is 2.24. The Bertz CT molecular complexity index is 734. The summed E-state index contributed by atoms with van der Waals surface area (Å²) >= 11 is 5.76. The lowest BCUT2D eigenvalue weighted by molar-refractivity contribution is -0.385. The summed E-state index contributed by atoms with van der Waals surface area (Å²) in [5.74, 6) is -1.24. The molecule has 0 fully saturated rings. The lowest BCUT2D eigenvalue weighted by atomic mass is 10.1. The van der Waals surface area contributed by atoms with Crippen LogP contribution in [0.3, 0.4) is 0 Å². The van der Waals surface area contributed by atoms with Gasteiger partial charge < -0.3 is 5.32 Å². The molecule has 0 saturated carbocycles. The summed E-state index contributed by atoms with van der Waals surface area (Å²) in [6, 6.07) is 7.57. The third-order valence-electron chi connectivity index (χ3n) is 2.85. The molecule has 0 heterocycles. The van der Waals surface area contributed by atoms with Crippen molar-refractivity contribution in [1.82, 2.24) is 0 Å². The molecule has 2 aromatic rings. The predicted molar refractivity (Wildman–Crippen MR) is 77.2 cm³/mol. The Balaban J connectivity index is 2.39. The topological polar surface area (TPSA) is 72.2 Å². The van der Waals surface area contributed by atoms with Crippen LogP contribution in [-0.2, 0) is 0 Å². The van der Waals surface area contributed by atoms with Crippen molar-refractivity contribution in [1.29, 1.82) is 0 Å². The van der Waals surface area contributed by atoms with E-state index in [4.69, 9.17) is 11.6 Å². The Morgan fingerprint density at radius 1 is 1.29 bits per heavy atom. The first-order chi connectivity index (χ1) is 9.88. The molecular weight excluding hydrogens is 299 g/mol. The van der Waals surface area contributed by atoms with Gasteiger partial charge in [0.25, 0.3) is 11.6 Å². The summed E-state index contributed by atoms with van der Waals surface area (Å²) < 4.78 is 13.2. The minimum absolute atomic E-state index is 0.184. The molecule has 2 aromatic carbocycles. The predicted octanol–water partition coefficient (Wildman–Crippen LogP) is 3.95. The lowest BCUT2D eigenvalue weighted by Crippen LogP contribution is -2.15. The highest BCUT2D eigenvalue weighted by molar-refractivity contribution is 6.31. The van der Waals surface area contributed by atoms with Gasteiger partial charge in [-0.3, -0.25) is 14.9 Å². The number of nitro benzene ring substituents is 1. The van der Waals surface area contributed by atoms with Crippen LogP contribution in [0.4, 0.5) is 15.8 Å². The first-order valence-corrected chi connectivity index (χ1v) is 6.27. The summed E-state index contributed by atoms with van der Waals surface area (Å²) in [5, 5.41) is 13.6. The zero-order chi connectivity index (χ0) is 15.6. The van der Waals surface area contributed by atoms with Crippen molar-refractivity contribution in [3.63, 3.8) is 0 Å². The summed E-state index contributed by atoms with van der Waals surface area (Å²) in [6.07, 6.45) is 0. The van der Waals surface area contributed by atoms with Gasteiger partial charge in [-0.2, -0.15) is 0 Å². The second-order valence-corrected chi connectivity index (χ2v) is 4.77. The van der Waals surface area contributed by atoms with Crippen LogP contribution in [0.25, 0.3) is 0 Å². The largest absolute Gasteiger partial charge is 0.321 e. The van der Waals surface area contributed by atoms with Crippen molar-refractivity contribution in [3.05, 3.63) is 68.5 Å². The van der Waals surface area contributed by atoms with E-state index < -0.39 is 16.6 Å². The first kappa shape index (κ1) is 14.9. The van der Waals surface area contributed by atoms with Crippen LogP contribution in [-0.4, -0.2) is 10.8 Å². The summed E-state index contributed by atoms with van der Waals surface area (Å²) in [7, 11) is 0. The number of nitrogens with one attached hydrogen (secondary N) is 1. The van der Waals surface area contributed by atoms with Gasteiger partial charge in [-0.1, -0.05) is 17.7 Å². The molecule has 2 rings (SSSR count). The van der Waals surface area contributed by atoms with Crippen molar-refractivity contribution in [2.45, 2.75) is 6.92 Å². The Morgan fingerprint density at radius 3 is 2.67 bits per heavy atom. The highest BCUT2D eigenvalue weighted by Gasteiger charge is 2.21. The molecule has 1 N–H and O–H groups in total. The van der Waals surface area contributed by atoms with Gasteiger partial charge in [0.2, 0.25) is 0 Å². The third-order valence-corrected chi connectivity index (χ3v) is 3.08. The van der Waals surface area contributed by atoms with Crippen molar-refractivity contribution in [2.75, 3.05) is 5.32 Å². The van der Waals surface area contributed by atoms with Gasteiger partial charge in [-0.15, -0.1) is 0 Å². The molecular formula is C14H10ClFN2O3. The number of carbonyl (C=O) groups excluding carboxylic acids is 1. The molecule has 0 bridgehead atoms. The first-order valence-electron chi connectivity index (χ1n) is 5.90. The molecule has 0 aliphatic heterocycles. The highest BCUT2D eigenvalue weighted by atomic mass is 35.5. The zero-order valence-corrected chi connectivity index (χ0v) is 11.6. The number of rotatable bonds is 3. The monoisotopic (exact) mass is 308 g/mol. The molecule has 0 atom stereocenters. The van der Waals surface area contributed by atoms with E-state index in [9.17, 15) is 19.3 Å². The molecule has 0 saturated heterocycles. The number of benzene rings is 2. The van der Waals surface area contributed by atoms with Crippen LogP contribution in [0.1, 0.15) is 15.9 Å². The van der Waals surface area contributed by atoms with E-state index in [-0.39, 0.29) is 22.0 Å². The SMILES string of the molecule is Cc1ccc(F)cc1NC(=O)c1cc(Cl)ccc1[N+](=O)[O-]. The van der Waals surface area contributed by atoms with Gasteiger partial charge in [0, 0.05) is 16.8 Å². The number of amides is 1. The number of halogens is 2. The zero-order valence-electron chi connectivity index (χ0n) is 10.9. The van der Waals surface area contributed by atoms with Gasteiger partial charge in [0.05, 0.1) is 4.92 Å². The number of hydrogen-bond acceptors (Lipinski definition) is 3. The van der Waals surface area contributed by atoms with Gasteiger partial charge in [0.15, 0.2) is 0 Å². The molecule has 108 valence electrons. The number of aryl methyl sites for hydroxylation is 1. The normalized spacial score (nSPS) is 10.2. The molecule has 0 aliphatic carbocycles. The molecule has 21 heavy (non-hydrogen) atoms. The van der Waals surface area contributed by atoms with Crippen molar-refractivity contribution in [3.8, 4) is 0 Å². The fourth-order valence-corrected chi connectivity index (χ4v) is 1.94. The van der Waals surface area contributed by atoms with Crippen LogP contribution in [0.2, 0.25) is 5.02 Å². The number of nitrogens with zero attached hydrogens (tertiary/aromatic N) is 1. The van der Waals surface area contributed by atoms with Gasteiger partial charge in [-0.25, -0.2) is 4.39 Å². The Morgan fingerprint density at radius 2 is 2.00 bits per heavy atom. The molecule has 0 aliphatic rings. The average Bonchev–Trinajstić information content (AvgIpc) is 2.42. The number of nitro groups is 1. The van der Waals surface area contributed by atoms with Crippen molar-refractivity contribution in [2.24, 2.45) is 0 Å². The number of anilines is 1. The van der Waals surface area contributed by atoms with Crippen LogP contribution in [0, 0.1) is 22.9 Å². The van der Waals surface area contributed by atoms with Crippen LogP contribution in [0.5, 0.6) is 0 Å². The molecule has 0 unspecified atom stereocenters. The molecule has 0 aromatic heterocycles. The molecule has 5 nitrogen and oxygen atoms in total. The minimum atomic E-state index is -0.724. The Labute approximate surface area is 124 Å². The second kappa shape index (κ2) is 5.88. The van der Waals surface area contributed by atoms with Crippen molar-refractivity contribution < 1.29 is 14.1 Å². The van der Waals surface area contributed by atoms with Gasteiger partial charge in [-0.05, 0) is 36.8 Å².